The lowest BCUT2D eigenvalue weighted by molar-refractivity contribution is -0.131. The molecule has 1 unspecified atom stereocenters. The molecule has 100 valence electrons. The van der Waals surface area contributed by atoms with Gasteiger partial charge in [-0.15, -0.1) is 0 Å². The third kappa shape index (κ3) is 2.92. The highest BCUT2D eigenvalue weighted by atomic mass is 16.5. The Morgan fingerprint density at radius 1 is 1.11 bits per heavy atom. The van der Waals surface area contributed by atoms with Crippen molar-refractivity contribution in [2.75, 3.05) is 0 Å². The molecule has 2 heteroatoms. The molecule has 0 heterocycles. The Bertz CT molecular complexity index is 412. The molecule has 0 aliphatic rings. The molecule has 0 saturated carbocycles. The Hall–Kier alpha value is -1.31. The number of esters is 1. The van der Waals surface area contributed by atoms with Crippen LogP contribution in [0.2, 0.25) is 0 Å². The van der Waals surface area contributed by atoms with Gasteiger partial charge < -0.3 is 4.74 Å². The Morgan fingerprint density at radius 3 is 1.94 bits per heavy atom. The van der Waals surface area contributed by atoms with Crippen molar-refractivity contribution in [2.24, 2.45) is 5.41 Å². The number of hydrogen-bond acceptors (Lipinski definition) is 2. The van der Waals surface area contributed by atoms with Crippen LogP contribution >= 0.6 is 0 Å². The second kappa shape index (κ2) is 5.13. The van der Waals surface area contributed by atoms with Gasteiger partial charge in [0.1, 0.15) is 5.75 Å². The standard InChI is InChI=1S/C16H24O2/c1-7-16(6,15(3,4)5)13-8-10-14(11-9-13)18-12(2)17/h8-11H,7H2,1-6H3. The van der Waals surface area contributed by atoms with Crippen LogP contribution in [0.25, 0.3) is 0 Å². The molecular weight excluding hydrogens is 224 g/mol. The first-order valence-corrected chi connectivity index (χ1v) is 6.49. The van der Waals surface area contributed by atoms with Gasteiger partial charge >= 0.3 is 5.97 Å². The summed E-state index contributed by atoms with van der Waals surface area (Å²) in [5.41, 5.74) is 1.58. The van der Waals surface area contributed by atoms with Crippen molar-refractivity contribution in [1.82, 2.24) is 0 Å². The average molecular weight is 248 g/mol. The van der Waals surface area contributed by atoms with Gasteiger partial charge in [-0.2, -0.15) is 0 Å². The van der Waals surface area contributed by atoms with Crippen molar-refractivity contribution in [3.8, 4) is 5.75 Å². The highest BCUT2D eigenvalue weighted by Crippen LogP contribution is 2.44. The SMILES string of the molecule is CCC(C)(c1ccc(OC(C)=O)cc1)C(C)(C)C. The molecule has 0 saturated heterocycles. The maximum absolute atomic E-state index is 10.9. The van der Waals surface area contributed by atoms with Crippen LogP contribution in [0.3, 0.4) is 0 Å². The van der Waals surface area contributed by atoms with Crippen LogP contribution < -0.4 is 4.74 Å². The van der Waals surface area contributed by atoms with Crippen LogP contribution in [0.1, 0.15) is 53.5 Å². The minimum absolute atomic E-state index is 0.113. The maximum atomic E-state index is 10.9. The summed E-state index contributed by atoms with van der Waals surface area (Å²) in [6, 6.07) is 7.87. The number of hydrogen-bond donors (Lipinski definition) is 0. The summed E-state index contributed by atoms with van der Waals surface area (Å²) in [7, 11) is 0. The van der Waals surface area contributed by atoms with Crippen LogP contribution in [0.5, 0.6) is 5.75 Å². The topological polar surface area (TPSA) is 26.3 Å². The van der Waals surface area contributed by atoms with E-state index < -0.39 is 0 Å². The summed E-state index contributed by atoms with van der Waals surface area (Å²) in [6.07, 6.45) is 1.07. The van der Waals surface area contributed by atoms with E-state index in [2.05, 4.69) is 46.8 Å². The van der Waals surface area contributed by atoms with Crippen molar-refractivity contribution in [2.45, 2.75) is 53.4 Å². The fourth-order valence-corrected chi connectivity index (χ4v) is 2.22. The highest BCUT2D eigenvalue weighted by Gasteiger charge is 2.37. The molecule has 2 nitrogen and oxygen atoms in total. The normalized spacial score (nSPS) is 15.0. The predicted molar refractivity (Wildman–Crippen MR) is 74.8 cm³/mol. The Labute approximate surface area is 110 Å². The van der Waals surface area contributed by atoms with Crippen LogP contribution in [0, 0.1) is 5.41 Å². The number of rotatable bonds is 3. The molecule has 18 heavy (non-hydrogen) atoms. The quantitative estimate of drug-likeness (QED) is 0.588. The molecule has 0 N–H and O–H groups in total. The van der Waals surface area contributed by atoms with Crippen molar-refractivity contribution in [3.63, 3.8) is 0 Å². The summed E-state index contributed by atoms with van der Waals surface area (Å²) in [6.45, 7) is 12.7. The van der Waals surface area contributed by atoms with Crippen LogP contribution in [0.15, 0.2) is 24.3 Å². The van der Waals surface area contributed by atoms with E-state index >= 15 is 0 Å². The first-order valence-electron chi connectivity index (χ1n) is 6.49. The number of benzene rings is 1. The summed E-state index contributed by atoms with van der Waals surface area (Å²) >= 11 is 0. The van der Waals surface area contributed by atoms with Crippen molar-refractivity contribution in [1.29, 1.82) is 0 Å². The molecule has 0 spiro atoms. The third-order valence-electron chi connectivity index (χ3n) is 4.12. The van der Waals surface area contributed by atoms with Gasteiger partial charge in [-0.1, -0.05) is 46.8 Å². The third-order valence-corrected chi connectivity index (χ3v) is 4.12. The van der Waals surface area contributed by atoms with Gasteiger partial charge in [0.05, 0.1) is 0 Å². The minimum Gasteiger partial charge on any atom is -0.427 e. The lowest BCUT2D eigenvalue weighted by Gasteiger charge is -2.42. The van der Waals surface area contributed by atoms with Gasteiger partial charge in [0.15, 0.2) is 0 Å². The van der Waals surface area contributed by atoms with Gasteiger partial charge in [-0.25, -0.2) is 0 Å². The summed E-state index contributed by atoms with van der Waals surface area (Å²) in [5.74, 6) is 0.329. The van der Waals surface area contributed by atoms with Crippen LogP contribution in [-0.2, 0) is 10.2 Å². The number of carbonyl (C=O) groups excluding carboxylic acids is 1. The van der Waals surface area contributed by atoms with E-state index in [4.69, 9.17) is 4.74 Å². The molecule has 0 bridgehead atoms. The second-order valence-electron chi connectivity index (χ2n) is 6.05. The largest absolute Gasteiger partial charge is 0.427 e. The molecular formula is C16H24O2. The maximum Gasteiger partial charge on any atom is 0.308 e. The Balaban J connectivity index is 3.06. The van der Waals surface area contributed by atoms with E-state index in [1.165, 1.54) is 12.5 Å². The molecule has 0 aromatic heterocycles. The molecule has 0 aliphatic heterocycles. The summed E-state index contributed by atoms with van der Waals surface area (Å²) in [5, 5.41) is 0. The summed E-state index contributed by atoms with van der Waals surface area (Å²) < 4.78 is 5.06. The molecule has 0 fully saturated rings. The first-order chi connectivity index (χ1) is 8.20. The lowest BCUT2D eigenvalue weighted by atomic mass is 9.62. The van der Waals surface area contributed by atoms with Crippen molar-refractivity contribution in [3.05, 3.63) is 29.8 Å². The number of carbonyl (C=O) groups is 1. The van der Waals surface area contributed by atoms with Crippen LogP contribution in [0.4, 0.5) is 0 Å². The van der Waals surface area contributed by atoms with Gasteiger partial charge in [0.25, 0.3) is 0 Å². The monoisotopic (exact) mass is 248 g/mol. The predicted octanol–water partition coefficient (Wildman–Crippen LogP) is 4.33. The van der Waals surface area contributed by atoms with Crippen molar-refractivity contribution < 1.29 is 9.53 Å². The van der Waals surface area contributed by atoms with E-state index in [9.17, 15) is 4.79 Å². The Kier molecular flexibility index (Phi) is 4.20. The fourth-order valence-electron chi connectivity index (χ4n) is 2.22. The van der Waals surface area contributed by atoms with Crippen molar-refractivity contribution >= 4 is 5.97 Å². The Morgan fingerprint density at radius 2 is 1.61 bits per heavy atom. The van der Waals surface area contributed by atoms with Gasteiger partial charge in [-0.05, 0) is 34.9 Å². The van der Waals surface area contributed by atoms with E-state index in [-0.39, 0.29) is 16.8 Å². The molecule has 0 radical (unpaired) electrons. The summed E-state index contributed by atoms with van der Waals surface area (Å²) in [4.78, 5) is 10.9. The molecule has 1 aromatic rings. The molecule has 1 atom stereocenters. The van der Waals surface area contributed by atoms with Crippen LogP contribution in [-0.4, -0.2) is 5.97 Å². The van der Waals surface area contributed by atoms with Gasteiger partial charge in [0.2, 0.25) is 0 Å². The number of ether oxygens (including phenoxy) is 1. The zero-order chi connectivity index (χ0) is 14.0. The smallest absolute Gasteiger partial charge is 0.308 e. The van der Waals surface area contributed by atoms with Gasteiger partial charge in [0, 0.05) is 6.92 Å². The average Bonchev–Trinajstić information content (AvgIpc) is 2.26. The molecule has 0 amide bonds. The molecule has 1 rings (SSSR count). The molecule has 0 aliphatic carbocycles. The first kappa shape index (κ1) is 14.7. The van der Waals surface area contributed by atoms with E-state index in [1.54, 1.807) is 0 Å². The van der Waals surface area contributed by atoms with E-state index in [1.807, 2.05) is 12.1 Å². The van der Waals surface area contributed by atoms with E-state index in [0.29, 0.717) is 5.75 Å². The minimum atomic E-state index is -0.281. The second-order valence-corrected chi connectivity index (χ2v) is 6.05. The molecule has 1 aromatic carbocycles. The highest BCUT2D eigenvalue weighted by molar-refractivity contribution is 5.69. The van der Waals surface area contributed by atoms with E-state index in [0.717, 1.165) is 6.42 Å². The lowest BCUT2D eigenvalue weighted by Crippen LogP contribution is -2.36. The zero-order valence-corrected chi connectivity index (χ0v) is 12.3. The zero-order valence-electron chi connectivity index (χ0n) is 12.3. The van der Waals surface area contributed by atoms with Gasteiger partial charge in [-0.3, -0.25) is 4.79 Å². The fraction of sp³-hybridized carbons (Fsp3) is 0.562.